The summed E-state index contributed by atoms with van der Waals surface area (Å²) in [7, 11) is 0. The highest BCUT2D eigenvalue weighted by molar-refractivity contribution is 6.05. The monoisotopic (exact) mass is 433 g/mol. The number of likely N-dealkylation sites (tertiary alicyclic amines) is 1. The maximum Gasteiger partial charge on any atom is 0.323 e. The van der Waals surface area contributed by atoms with Gasteiger partial charge >= 0.3 is 12.1 Å². The maximum absolute atomic E-state index is 13.0. The number of rotatable bonds is 5. The van der Waals surface area contributed by atoms with Gasteiger partial charge in [-0.05, 0) is 36.6 Å². The van der Waals surface area contributed by atoms with Crippen LogP contribution < -0.4 is 16.8 Å². The van der Waals surface area contributed by atoms with Gasteiger partial charge in [0.2, 0.25) is 5.91 Å². The van der Waals surface area contributed by atoms with Gasteiger partial charge in [0.15, 0.2) is 5.78 Å². The van der Waals surface area contributed by atoms with Gasteiger partial charge in [-0.25, -0.2) is 9.59 Å². The number of nitrogens with one attached hydrogen (secondary N) is 1. The molecule has 9 heteroatoms. The minimum atomic E-state index is -0.658. The zero-order chi connectivity index (χ0) is 22.8. The lowest BCUT2D eigenvalue weighted by molar-refractivity contribution is -0.121. The molecule has 0 spiro atoms. The highest BCUT2D eigenvalue weighted by Crippen LogP contribution is 2.27. The smallest absolute Gasteiger partial charge is 0.323 e. The number of nitrogens with two attached hydrogens (primary N) is 2. The van der Waals surface area contributed by atoms with Gasteiger partial charge in [-0.1, -0.05) is 30.3 Å². The van der Waals surface area contributed by atoms with Gasteiger partial charge in [-0.15, -0.1) is 0 Å². The first-order chi connectivity index (χ1) is 15.3. The van der Waals surface area contributed by atoms with Crippen molar-refractivity contribution in [2.45, 2.75) is 25.3 Å². The van der Waals surface area contributed by atoms with E-state index in [2.05, 4.69) is 5.32 Å². The molecule has 1 saturated heterocycles. The van der Waals surface area contributed by atoms with Gasteiger partial charge in [-0.3, -0.25) is 14.2 Å². The zero-order valence-corrected chi connectivity index (χ0v) is 17.3. The predicted octanol–water partition coefficient (Wildman–Crippen LogP) is 2.48. The number of anilines is 1. The van der Waals surface area contributed by atoms with Crippen LogP contribution in [0.1, 0.15) is 28.8 Å². The quantitative estimate of drug-likeness (QED) is 0.568. The molecule has 4 rings (SSSR count). The molecule has 0 aliphatic carbocycles. The Morgan fingerprint density at radius 2 is 1.81 bits per heavy atom. The third kappa shape index (κ3) is 4.04. The average Bonchev–Trinajstić information content (AvgIpc) is 3.40. The number of carbonyl (C=O) groups is 4. The third-order valence-corrected chi connectivity index (χ3v) is 5.67. The number of Topliss-reactive ketones (excluding diaryl/α,β-unsaturated/α-hetero) is 1. The summed E-state index contributed by atoms with van der Waals surface area (Å²) in [5.74, 6) is -0.671. The van der Waals surface area contributed by atoms with Crippen LogP contribution >= 0.6 is 0 Å². The Bertz CT molecular complexity index is 1230. The van der Waals surface area contributed by atoms with Gasteiger partial charge in [0.05, 0.1) is 17.2 Å². The molecule has 0 unspecified atom stereocenters. The highest BCUT2D eigenvalue weighted by atomic mass is 16.2. The van der Waals surface area contributed by atoms with Gasteiger partial charge in [0.1, 0.15) is 0 Å². The molecule has 5 N–H and O–H groups in total. The van der Waals surface area contributed by atoms with Crippen molar-refractivity contribution in [3.8, 4) is 0 Å². The summed E-state index contributed by atoms with van der Waals surface area (Å²) >= 11 is 0. The summed E-state index contributed by atoms with van der Waals surface area (Å²) in [4.78, 5) is 50.6. The van der Waals surface area contributed by atoms with Gasteiger partial charge < -0.3 is 21.7 Å². The normalized spacial score (nSPS) is 15.6. The lowest BCUT2D eigenvalue weighted by Crippen LogP contribution is -2.43. The van der Waals surface area contributed by atoms with Crippen LogP contribution in [-0.4, -0.2) is 45.8 Å². The number of para-hydroxylation sites is 1. The Morgan fingerprint density at radius 1 is 1.03 bits per heavy atom. The molecule has 1 aromatic heterocycles. The Morgan fingerprint density at radius 3 is 2.56 bits per heavy atom. The fraction of sp³-hybridized carbons (Fsp3) is 0.217. The fourth-order valence-corrected chi connectivity index (χ4v) is 4.15. The molecule has 0 radical (unpaired) electrons. The molecule has 1 aliphatic heterocycles. The predicted molar refractivity (Wildman–Crippen MR) is 119 cm³/mol. The van der Waals surface area contributed by atoms with Crippen molar-refractivity contribution in [2.75, 3.05) is 11.9 Å². The van der Waals surface area contributed by atoms with Crippen molar-refractivity contribution in [3.05, 3.63) is 65.9 Å². The summed E-state index contributed by atoms with van der Waals surface area (Å²) in [6, 6.07) is 12.1. The second-order valence-corrected chi connectivity index (χ2v) is 7.76. The number of nitrogens with zero attached hydrogens (tertiary/aromatic N) is 2. The molecule has 1 aliphatic rings. The number of fused-ring (bicyclic) bond motifs is 1. The van der Waals surface area contributed by atoms with Crippen molar-refractivity contribution in [1.29, 1.82) is 0 Å². The molecule has 4 amide bonds. The molecule has 164 valence electrons. The molecule has 1 atom stereocenters. The van der Waals surface area contributed by atoms with Crippen molar-refractivity contribution in [1.82, 2.24) is 9.47 Å². The first kappa shape index (κ1) is 21.1. The lowest BCUT2D eigenvalue weighted by Gasteiger charge is -2.24. The number of aromatic nitrogens is 1. The van der Waals surface area contributed by atoms with E-state index >= 15 is 0 Å². The summed E-state index contributed by atoms with van der Waals surface area (Å²) in [5.41, 5.74) is 12.8. The Kier molecular flexibility index (Phi) is 5.63. The van der Waals surface area contributed by atoms with Crippen LogP contribution in [0.15, 0.2) is 54.7 Å². The highest BCUT2D eigenvalue weighted by Gasteiger charge is 2.34. The van der Waals surface area contributed by atoms with E-state index in [4.69, 9.17) is 11.5 Å². The van der Waals surface area contributed by atoms with Crippen LogP contribution in [-0.2, 0) is 11.2 Å². The molecule has 3 aromatic rings. The molecule has 2 heterocycles. The first-order valence-electron chi connectivity index (χ1n) is 10.2. The van der Waals surface area contributed by atoms with Crippen LogP contribution in [0.5, 0.6) is 0 Å². The Hall–Kier alpha value is -4.14. The second-order valence-electron chi connectivity index (χ2n) is 7.76. The van der Waals surface area contributed by atoms with Crippen LogP contribution in [0.4, 0.5) is 15.3 Å². The maximum atomic E-state index is 13.0. The van der Waals surface area contributed by atoms with E-state index in [1.165, 1.54) is 15.7 Å². The molecule has 0 bridgehead atoms. The number of urea groups is 1. The van der Waals surface area contributed by atoms with Crippen molar-refractivity contribution in [3.63, 3.8) is 0 Å². The van der Waals surface area contributed by atoms with Crippen LogP contribution in [0, 0.1) is 0 Å². The molecule has 32 heavy (non-hydrogen) atoms. The summed E-state index contributed by atoms with van der Waals surface area (Å²) in [6.07, 6.45) is 2.84. The van der Waals surface area contributed by atoms with E-state index < -0.39 is 24.0 Å². The number of ketones is 1. The summed E-state index contributed by atoms with van der Waals surface area (Å²) in [5, 5.41) is 3.49. The zero-order valence-electron chi connectivity index (χ0n) is 17.3. The molecule has 1 fully saturated rings. The first-order valence-corrected chi connectivity index (χ1v) is 10.2. The SMILES string of the molecule is NC(=O)c1cccc(CC(=O)[C@@H]2CCCN2C(=O)Nc2cn(C(N)=O)c3ccccc23)c1. The largest absolute Gasteiger partial charge is 0.366 e. The molecule has 2 aromatic carbocycles. The molecular formula is C23H23N5O4. The Balaban J connectivity index is 1.51. The molecule has 9 nitrogen and oxygen atoms in total. The number of benzene rings is 2. The van der Waals surface area contributed by atoms with Crippen molar-refractivity contribution >= 4 is 40.3 Å². The van der Waals surface area contributed by atoms with Crippen molar-refractivity contribution < 1.29 is 19.2 Å². The van der Waals surface area contributed by atoms with E-state index in [-0.39, 0.29) is 12.2 Å². The lowest BCUT2D eigenvalue weighted by atomic mass is 10.0. The third-order valence-electron chi connectivity index (χ3n) is 5.67. The fourth-order valence-electron chi connectivity index (χ4n) is 4.15. The molecular weight excluding hydrogens is 410 g/mol. The minimum Gasteiger partial charge on any atom is -0.366 e. The van der Waals surface area contributed by atoms with E-state index in [9.17, 15) is 19.2 Å². The average molecular weight is 433 g/mol. The van der Waals surface area contributed by atoms with Gasteiger partial charge in [0.25, 0.3) is 0 Å². The van der Waals surface area contributed by atoms with Crippen molar-refractivity contribution in [2.24, 2.45) is 11.5 Å². The van der Waals surface area contributed by atoms with Crippen LogP contribution in [0.25, 0.3) is 10.9 Å². The van der Waals surface area contributed by atoms with Gasteiger partial charge in [0, 0.05) is 30.1 Å². The topological polar surface area (TPSA) is 141 Å². The van der Waals surface area contributed by atoms with E-state index in [0.29, 0.717) is 47.1 Å². The number of hydrogen-bond acceptors (Lipinski definition) is 4. The van der Waals surface area contributed by atoms with Crippen LogP contribution in [0.3, 0.4) is 0 Å². The number of amides is 4. The van der Waals surface area contributed by atoms with Gasteiger partial charge in [-0.2, -0.15) is 0 Å². The van der Waals surface area contributed by atoms with E-state index in [1.807, 2.05) is 0 Å². The summed E-state index contributed by atoms with van der Waals surface area (Å²) in [6.45, 7) is 0.442. The van der Waals surface area contributed by atoms with E-state index in [0.717, 1.165) is 0 Å². The second kappa shape index (κ2) is 8.54. The van der Waals surface area contributed by atoms with Crippen LogP contribution in [0.2, 0.25) is 0 Å². The van der Waals surface area contributed by atoms with E-state index in [1.54, 1.807) is 48.5 Å². The molecule has 0 saturated carbocycles. The Labute approximate surface area is 184 Å². The standard InChI is InChI=1S/C23H23N5O4/c24-21(30)15-6-3-5-14(11-15)12-20(29)19-9-4-10-27(19)23(32)26-17-13-28(22(25)31)18-8-2-1-7-16(17)18/h1-3,5-8,11,13,19H,4,9-10,12H2,(H2,24,30)(H2,25,31)(H,26,32)/t19-/m0/s1. The number of carbonyl (C=O) groups excluding carboxylic acids is 4. The number of hydrogen-bond donors (Lipinski definition) is 3. The minimum absolute atomic E-state index is 0.0938. The summed E-state index contributed by atoms with van der Waals surface area (Å²) < 4.78 is 1.27. The number of primary amides is 2.